The number of carboxylic acid groups (broad SMARTS) is 1. The highest BCUT2D eigenvalue weighted by Crippen LogP contribution is 2.45. The summed E-state index contributed by atoms with van der Waals surface area (Å²) in [4.78, 5) is 25.8. The molecule has 1 aliphatic carbocycles. The van der Waals surface area contributed by atoms with Crippen molar-refractivity contribution in [3.63, 3.8) is 0 Å². The van der Waals surface area contributed by atoms with Crippen LogP contribution in [0.2, 0.25) is 0 Å². The third-order valence-electron chi connectivity index (χ3n) is 6.08. The summed E-state index contributed by atoms with van der Waals surface area (Å²) < 4.78 is 49.5. The summed E-state index contributed by atoms with van der Waals surface area (Å²) in [7, 11) is 1.31. The lowest BCUT2D eigenvalue weighted by Crippen LogP contribution is -2.38. The summed E-state index contributed by atoms with van der Waals surface area (Å²) in [6, 6.07) is 0.944. The smallest absolute Gasteiger partial charge is 0.341 e. The first-order valence-corrected chi connectivity index (χ1v) is 10.0. The van der Waals surface area contributed by atoms with Crippen molar-refractivity contribution in [1.82, 2.24) is 4.57 Å². The van der Waals surface area contributed by atoms with Gasteiger partial charge in [-0.25, -0.2) is 18.0 Å². The molecule has 2 unspecified atom stereocenters. The molecule has 7 nitrogen and oxygen atoms in total. The van der Waals surface area contributed by atoms with Crippen molar-refractivity contribution in [2.24, 2.45) is 5.92 Å². The van der Waals surface area contributed by atoms with Gasteiger partial charge in [-0.15, -0.1) is 0 Å². The summed E-state index contributed by atoms with van der Waals surface area (Å²) in [5.41, 5.74) is -0.978. The van der Waals surface area contributed by atoms with E-state index in [1.165, 1.54) is 18.2 Å². The van der Waals surface area contributed by atoms with Gasteiger partial charge in [-0.3, -0.25) is 4.79 Å². The quantitative estimate of drug-likeness (QED) is 0.718. The number of pyridine rings is 1. The summed E-state index contributed by atoms with van der Waals surface area (Å²) in [6.45, 7) is 0.855. The van der Waals surface area contributed by atoms with Gasteiger partial charge in [0.25, 0.3) is 5.92 Å². The number of nitrogens with zero attached hydrogens (tertiary/aromatic N) is 2. The second-order valence-electron chi connectivity index (χ2n) is 8.35. The Morgan fingerprint density at radius 2 is 2.00 bits per heavy atom. The number of aliphatic hydroxyl groups excluding tert-OH is 1. The first-order valence-electron chi connectivity index (χ1n) is 10.0. The molecule has 10 heteroatoms. The predicted molar refractivity (Wildman–Crippen MR) is 107 cm³/mol. The number of halogens is 3. The average molecular weight is 440 g/mol. The average Bonchev–Trinajstić information content (AvgIpc) is 3.43. The summed E-state index contributed by atoms with van der Waals surface area (Å²) in [5.74, 6) is -6.22. The van der Waals surface area contributed by atoms with E-state index in [1.807, 2.05) is 0 Å². The molecule has 2 heterocycles. The van der Waals surface area contributed by atoms with Crippen LogP contribution in [0, 0.1) is 11.7 Å². The molecule has 4 rings (SSSR count). The van der Waals surface area contributed by atoms with Crippen molar-refractivity contribution in [2.75, 3.05) is 25.1 Å². The van der Waals surface area contributed by atoms with Crippen molar-refractivity contribution >= 4 is 22.6 Å². The molecule has 2 atom stereocenters. The number of carbonyl (C=O) groups is 1. The highest BCUT2D eigenvalue weighted by Gasteiger charge is 2.42. The van der Waals surface area contributed by atoms with Crippen LogP contribution in [0.25, 0.3) is 10.9 Å². The Kier molecular flexibility index (Phi) is 5.15. The Hall–Kier alpha value is -2.75. The number of aromatic carboxylic acids is 1. The topological polar surface area (TPSA) is 92.0 Å². The lowest BCUT2D eigenvalue weighted by molar-refractivity contribution is -0.114. The van der Waals surface area contributed by atoms with Crippen LogP contribution in [-0.4, -0.2) is 53.0 Å². The fourth-order valence-corrected chi connectivity index (χ4v) is 4.39. The van der Waals surface area contributed by atoms with Crippen LogP contribution < -0.4 is 15.1 Å². The highest BCUT2D eigenvalue weighted by atomic mass is 19.3. The Morgan fingerprint density at radius 3 is 2.55 bits per heavy atom. The van der Waals surface area contributed by atoms with E-state index in [0.29, 0.717) is 6.92 Å². The zero-order chi connectivity index (χ0) is 22.7. The maximum absolute atomic E-state index is 15.2. The first-order chi connectivity index (χ1) is 14.5. The van der Waals surface area contributed by atoms with Gasteiger partial charge in [0.15, 0.2) is 11.6 Å². The van der Waals surface area contributed by atoms with E-state index in [0.717, 1.165) is 18.9 Å². The minimum atomic E-state index is -3.29. The molecule has 1 aromatic heterocycles. The Balaban J connectivity index is 1.87. The molecule has 0 amide bonds. The van der Waals surface area contributed by atoms with Crippen molar-refractivity contribution in [1.29, 1.82) is 0 Å². The van der Waals surface area contributed by atoms with Crippen LogP contribution in [0.3, 0.4) is 0 Å². The summed E-state index contributed by atoms with van der Waals surface area (Å²) in [6.07, 6.45) is 1.17. The van der Waals surface area contributed by atoms with Gasteiger partial charge in [0.1, 0.15) is 17.4 Å². The highest BCUT2D eigenvalue weighted by molar-refractivity contribution is 5.97. The largest absolute Gasteiger partial charge is 0.492 e. The van der Waals surface area contributed by atoms with Gasteiger partial charge >= 0.3 is 5.97 Å². The van der Waals surface area contributed by atoms with Crippen LogP contribution in [-0.2, 0) is 0 Å². The fraction of sp³-hybridized carbons (Fsp3) is 0.524. The molecule has 1 aromatic carbocycles. The number of carboxylic acids is 1. The molecule has 0 bridgehead atoms. The minimum absolute atomic E-state index is 0.00967. The number of methoxy groups -OCH3 is 1. The monoisotopic (exact) mass is 440 g/mol. The van der Waals surface area contributed by atoms with E-state index in [1.54, 1.807) is 4.57 Å². The maximum atomic E-state index is 15.2. The van der Waals surface area contributed by atoms with Crippen molar-refractivity contribution in [3.05, 3.63) is 33.9 Å². The SMILES string of the molecule is COc1c(N2CCC(C(O)C(C)(F)F)C2)c(F)cc2c(=O)c(C(=O)O)cn(C3CC3)c12. The number of hydrogen-bond donors (Lipinski definition) is 2. The zero-order valence-corrected chi connectivity index (χ0v) is 17.1. The molecule has 0 radical (unpaired) electrons. The molecule has 31 heavy (non-hydrogen) atoms. The van der Waals surface area contributed by atoms with Crippen molar-refractivity contribution in [2.45, 2.75) is 44.3 Å². The standard InChI is InChI=1S/C21H23F3N2O5/c1-21(23,24)19(28)10-5-6-25(8-10)16-14(22)7-12-15(18(16)31-2)26(11-3-4-11)9-13(17(12)27)20(29)30/h7,9-11,19,28H,3-6,8H2,1-2H3,(H,29,30). The number of rotatable bonds is 6. The van der Waals surface area contributed by atoms with Gasteiger partial charge in [0, 0.05) is 38.2 Å². The third kappa shape index (κ3) is 3.62. The maximum Gasteiger partial charge on any atom is 0.341 e. The number of aromatic nitrogens is 1. The molecular formula is C21H23F3N2O5. The molecule has 1 aliphatic heterocycles. The molecule has 2 aromatic rings. The van der Waals surface area contributed by atoms with E-state index in [4.69, 9.17) is 4.74 Å². The second kappa shape index (κ2) is 7.44. The van der Waals surface area contributed by atoms with E-state index in [-0.39, 0.29) is 47.9 Å². The van der Waals surface area contributed by atoms with Crippen molar-refractivity contribution < 1.29 is 32.9 Å². The van der Waals surface area contributed by atoms with Crippen molar-refractivity contribution in [3.8, 4) is 5.75 Å². The number of fused-ring (bicyclic) bond motifs is 1. The van der Waals surface area contributed by atoms with Gasteiger partial charge in [0.2, 0.25) is 5.43 Å². The molecule has 0 spiro atoms. The molecule has 2 fully saturated rings. The van der Waals surface area contributed by atoms with Gasteiger partial charge in [-0.05, 0) is 25.3 Å². The summed E-state index contributed by atoms with van der Waals surface area (Å²) >= 11 is 0. The molecule has 1 saturated carbocycles. The second-order valence-corrected chi connectivity index (χ2v) is 8.35. The van der Waals surface area contributed by atoms with Crippen LogP contribution >= 0.6 is 0 Å². The molecular weight excluding hydrogens is 417 g/mol. The summed E-state index contributed by atoms with van der Waals surface area (Å²) in [5, 5.41) is 19.2. The van der Waals surface area contributed by atoms with Crippen LogP contribution in [0.1, 0.15) is 42.6 Å². The number of anilines is 1. The molecule has 168 valence electrons. The van der Waals surface area contributed by atoms with Gasteiger partial charge in [-0.1, -0.05) is 0 Å². The van der Waals surface area contributed by atoms with Gasteiger partial charge < -0.3 is 24.4 Å². The molecule has 2 aliphatic rings. The Labute approximate surface area is 175 Å². The van der Waals surface area contributed by atoms with Crippen LogP contribution in [0.15, 0.2) is 17.1 Å². The van der Waals surface area contributed by atoms with E-state index >= 15 is 4.39 Å². The van der Waals surface area contributed by atoms with Crippen LogP contribution in [0.5, 0.6) is 5.75 Å². The Morgan fingerprint density at radius 1 is 1.32 bits per heavy atom. The van der Waals surface area contributed by atoms with E-state index in [9.17, 15) is 28.6 Å². The van der Waals surface area contributed by atoms with Crippen LogP contribution in [0.4, 0.5) is 18.9 Å². The normalized spacial score (nSPS) is 20.3. The molecule has 1 saturated heterocycles. The molecule has 2 N–H and O–H groups in total. The number of ether oxygens (including phenoxy) is 1. The third-order valence-corrected chi connectivity index (χ3v) is 6.08. The lowest BCUT2D eigenvalue weighted by atomic mass is 9.97. The lowest BCUT2D eigenvalue weighted by Gasteiger charge is -2.27. The van der Waals surface area contributed by atoms with E-state index in [2.05, 4.69) is 0 Å². The number of alkyl halides is 2. The fourth-order valence-electron chi connectivity index (χ4n) is 4.39. The van der Waals surface area contributed by atoms with Gasteiger partial charge in [0.05, 0.1) is 18.0 Å². The number of aliphatic hydroxyl groups is 1. The van der Waals surface area contributed by atoms with Gasteiger partial charge in [-0.2, -0.15) is 0 Å². The van der Waals surface area contributed by atoms with E-state index < -0.39 is 40.7 Å². The zero-order valence-electron chi connectivity index (χ0n) is 17.1. The number of hydrogen-bond acceptors (Lipinski definition) is 5. The first kappa shape index (κ1) is 21.5. The predicted octanol–water partition coefficient (Wildman–Crippen LogP) is 3.02. The Bertz CT molecular complexity index is 1110. The minimum Gasteiger partial charge on any atom is -0.492 e. The number of benzene rings is 1.